The van der Waals surface area contributed by atoms with E-state index in [1.54, 1.807) is 14.2 Å². The summed E-state index contributed by atoms with van der Waals surface area (Å²) in [5, 5.41) is 0. The summed E-state index contributed by atoms with van der Waals surface area (Å²) in [4.78, 5) is 0.756. The average molecular weight is 319 g/mol. The third-order valence-electron chi connectivity index (χ3n) is 3.27. The summed E-state index contributed by atoms with van der Waals surface area (Å²) in [6.07, 6.45) is 0.947. The zero-order chi connectivity index (χ0) is 15.9. The lowest BCUT2D eigenvalue weighted by atomic mass is 10.0. The van der Waals surface area contributed by atoms with Crippen LogP contribution in [0.2, 0.25) is 0 Å². The average Bonchev–Trinajstić information content (AvgIpc) is 2.58. The van der Waals surface area contributed by atoms with Crippen LogP contribution in [0.1, 0.15) is 13.3 Å². The minimum Gasteiger partial charge on any atom is -0.496 e. The minimum absolute atomic E-state index is 0.731. The maximum atomic E-state index is 12.0. The highest BCUT2D eigenvalue weighted by molar-refractivity contribution is 7.83. The highest BCUT2D eigenvalue weighted by Crippen LogP contribution is 2.38. The number of hydrogen-bond donors (Lipinski definition) is 1. The fourth-order valence-corrected chi connectivity index (χ4v) is 3.10. The van der Waals surface area contributed by atoms with Gasteiger partial charge in [0.1, 0.15) is 22.5 Å². The van der Waals surface area contributed by atoms with Crippen LogP contribution in [0.25, 0.3) is 11.1 Å². The number of nitrogens with one attached hydrogen (secondary N) is 1. The first-order valence-electron chi connectivity index (χ1n) is 7.18. The van der Waals surface area contributed by atoms with Crippen molar-refractivity contribution >= 4 is 11.0 Å². The first kappa shape index (κ1) is 16.5. The first-order chi connectivity index (χ1) is 10.7. The summed E-state index contributed by atoms with van der Waals surface area (Å²) in [5.41, 5.74) is 1.86. The SMILES string of the molecule is CCCNS(=O)c1ccc(-c2c(OC)cccc2OC)cc1. The second-order valence-corrected chi connectivity index (χ2v) is 6.02. The van der Waals surface area contributed by atoms with Crippen LogP contribution in [0.4, 0.5) is 0 Å². The molecular weight excluding hydrogens is 298 g/mol. The number of hydrogen-bond acceptors (Lipinski definition) is 3. The molecule has 0 heterocycles. The molecule has 2 aromatic carbocycles. The van der Waals surface area contributed by atoms with Crippen LogP contribution in [0, 0.1) is 0 Å². The van der Waals surface area contributed by atoms with E-state index < -0.39 is 11.0 Å². The van der Waals surface area contributed by atoms with Gasteiger partial charge in [-0.2, -0.15) is 0 Å². The van der Waals surface area contributed by atoms with E-state index in [0.29, 0.717) is 0 Å². The van der Waals surface area contributed by atoms with Crippen molar-refractivity contribution in [2.45, 2.75) is 18.2 Å². The van der Waals surface area contributed by atoms with Gasteiger partial charge in [-0.15, -0.1) is 0 Å². The second-order valence-electron chi connectivity index (χ2n) is 4.72. The molecule has 5 heteroatoms. The minimum atomic E-state index is -1.17. The van der Waals surface area contributed by atoms with E-state index >= 15 is 0 Å². The largest absolute Gasteiger partial charge is 0.496 e. The Kier molecular flexibility index (Phi) is 5.98. The molecule has 1 atom stereocenters. The van der Waals surface area contributed by atoms with Gasteiger partial charge in [0, 0.05) is 6.54 Å². The molecule has 0 aromatic heterocycles. The maximum absolute atomic E-state index is 12.0. The lowest BCUT2D eigenvalue weighted by molar-refractivity contribution is 0.397. The molecule has 22 heavy (non-hydrogen) atoms. The van der Waals surface area contributed by atoms with Gasteiger partial charge in [0.25, 0.3) is 0 Å². The first-order valence-corrected chi connectivity index (χ1v) is 8.33. The fraction of sp³-hybridized carbons (Fsp3) is 0.294. The molecule has 1 N–H and O–H groups in total. The molecule has 0 saturated carbocycles. The molecule has 0 amide bonds. The Morgan fingerprint density at radius 3 is 2.09 bits per heavy atom. The van der Waals surface area contributed by atoms with Gasteiger partial charge in [-0.3, -0.25) is 0 Å². The van der Waals surface area contributed by atoms with Crippen LogP contribution in [0.5, 0.6) is 11.5 Å². The van der Waals surface area contributed by atoms with Crippen LogP contribution in [0.15, 0.2) is 47.4 Å². The summed E-state index contributed by atoms with van der Waals surface area (Å²) in [6.45, 7) is 2.77. The van der Waals surface area contributed by atoms with Crippen molar-refractivity contribution in [2.24, 2.45) is 0 Å². The number of methoxy groups -OCH3 is 2. The van der Waals surface area contributed by atoms with E-state index in [9.17, 15) is 4.21 Å². The molecule has 2 rings (SSSR count). The van der Waals surface area contributed by atoms with Crippen LogP contribution < -0.4 is 14.2 Å². The van der Waals surface area contributed by atoms with Gasteiger partial charge in [-0.05, 0) is 36.2 Å². The standard InChI is InChI=1S/C17H21NO3S/c1-4-12-18-22(19)14-10-8-13(9-11-14)17-15(20-2)6-5-7-16(17)21-3/h5-11,18H,4,12H2,1-3H3. The highest BCUT2D eigenvalue weighted by Gasteiger charge is 2.12. The fourth-order valence-electron chi connectivity index (χ4n) is 2.16. The molecule has 0 bridgehead atoms. The Balaban J connectivity index is 2.33. The van der Waals surface area contributed by atoms with Gasteiger partial charge in [0.05, 0.1) is 24.7 Å². The molecule has 0 fully saturated rings. The van der Waals surface area contributed by atoms with Gasteiger partial charge in [-0.1, -0.05) is 25.1 Å². The van der Waals surface area contributed by atoms with Crippen molar-refractivity contribution in [2.75, 3.05) is 20.8 Å². The Morgan fingerprint density at radius 1 is 1.00 bits per heavy atom. The van der Waals surface area contributed by atoms with Crippen molar-refractivity contribution in [3.8, 4) is 22.6 Å². The Morgan fingerprint density at radius 2 is 1.59 bits per heavy atom. The summed E-state index contributed by atoms with van der Waals surface area (Å²) in [6, 6.07) is 13.3. The van der Waals surface area contributed by atoms with Crippen molar-refractivity contribution < 1.29 is 13.7 Å². The second kappa shape index (κ2) is 7.96. The lowest BCUT2D eigenvalue weighted by Gasteiger charge is -2.13. The topological polar surface area (TPSA) is 47.6 Å². The summed E-state index contributed by atoms with van der Waals surface area (Å²) >= 11 is 0. The Labute approximate surface area is 134 Å². The molecule has 0 spiro atoms. The zero-order valence-corrected chi connectivity index (χ0v) is 13.9. The quantitative estimate of drug-likeness (QED) is 0.851. The Bertz CT molecular complexity index is 619. The predicted octanol–water partition coefficient (Wildman–Crippen LogP) is 3.39. The molecular formula is C17H21NO3S. The van der Waals surface area contributed by atoms with Crippen LogP contribution in [-0.4, -0.2) is 25.0 Å². The van der Waals surface area contributed by atoms with E-state index in [1.807, 2.05) is 49.4 Å². The third-order valence-corrected chi connectivity index (χ3v) is 4.43. The van der Waals surface area contributed by atoms with Gasteiger partial charge in [0.2, 0.25) is 0 Å². The molecule has 1 unspecified atom stereocenters. The van der Waals surface area contributed by atoms with E-state index in [0.717, 1.165) is 40.5 Å². The molecule has 0 aliphatic rings. The van der Waals surface area contributed by atoms with E-state index in [-0.39, 0.29) is 0 Å². The lowest BCUT2D eigenvalue weighted by Crippen LogP contribution is -2.17. The third kappa shape index (κ3) is 3.67. The van der Waals surface area contributed by atoms with Gasteiger partial charge >= 0.3 is 0 Å². The maximum Gasteiger partial charge on any atom is 0.130 e. The number of benzene rings is 2. The number of ether oxygens (including phenoxy) is 2. The molecule has 4 nitrogen and oxygen atoms in total. The summed E-state index contributed by atoms with van der Waals surface area (Å²) < 4.78 is 25.9. The monoisotopic (exact) mass is 319 g/mol. The van der Waals surface area contributed by atoms with Crippen LogP contribution in [0.3, 0.4) is 0 Å². The Hall–Kier alpha value is -1.85. The van der Waals surface area contributed by atoms with Gasteiger partial charge < -0.3 is 9.47 Å². The highest BCUT2D eigenvalue weighted by atomic mass is 32.2. The summed E-state index contributed by atoms with van der Waals surface area (Å²) in [7, 11) is 2.10. The van der Waals surface area contributed by atoms with E-state index in [4.69, 9.17) is 9.47 Å². The van der Waals surface area contributed by atoms with Crippen molar-refractivity contribution in [1.29, 1.82) is 0 Å². The normalized spacial score (nSPS) is 12.0. The molecule has 0 saturated heterocycles. The van der Waals surface area contributed by atoms with E-state index in [1.165, 1.54) is 0 Å². The number of rotatable bonds is 7. The van der Waals surface area contributed by atoms with Gasteiger partial charge in [-0.25, -0.2) is 8.93 Å². The molecule has 0 radical (unpaired) electrons. The van der Waals surface area contributed by atoms with Crippen molar-refractivity contribution in [3.05, 3.63) is 42.5 Å². The molecule has 118 valence electrons. The smallest absolute Gasteiger partial charge is 0.130 e. The van der Waals surface area contributed by atoms with Crippen molar-refractivity contribution in [3.63, 3.8) is 0 Å². The zero-order valence-electron chi connectivity index (χ0n) is 13.1. The van der Waals surface area contributed by atoms with E-state index in [2.05, 4.69) is 4.72 Å². The summed E-state index contributed by atoms with van der Waals surface area (Å²) in [5.74, 6) is 1.50. The van der Waals surface area contributed by atoms with Gasteiger partial charge in [0.15, 0.2) is 0 Å². The molecule has 0 aliphatic carbocycles. The van der Waals surface area contributed by atoms with Crippen LogP contribution >= 0.6 is 0 Å². The molecule has 2 aromatic rings. The van der Waals surface area contributed by atoms with Crippen LogP contribution in [-0.2, 0) is 11.0 Å². The molecule has 0 aliphatic heterocycles. The predicted molar refractivity (Wildman–Crippen MR) is 89.7 cm³/mol. The van der Waals surface area contributed by atoms with Crippen molar-refractivity contribution in [1.82, 2.24) is 4.72 Å².